The number of fused-ring (bicyclic) bond motifs is 1. The van der Waals surface area contributed by atoms with Crippen LogP contribution in [0.5, 0.6) is 0 Å². The summed E-state index contributed by atoms with van der Waals surface area (Å²) in [5, 5.41) is 8.78. The fraction of sp³-hybridized carbons (Fsp3) is 0.300. The number of hydrogen-bond acceptors (Lipinski definition) is 2. The van der Waals surface area contributed by atoms with Crippen molar-refractivity contribution >= 4 is 17.6 Å². The number of hydrogen-bond donors (Lipinski definition) is 3. The van der Waals surface area contributed by atoms with Gasteiger partial charge in [-0.15, -0.1) is 0 Å². The standard InChI is InChI=1S/C20H23N3O2/c1-13(15-8-5-9-18(10-15)22-14(2)24)21-20(25)23-19-11-16-6-3-4-7-17(16)12-19/h3-10,13,19H,11-12H2,1-2H3,(H,22,24)(H2,21,23,25)/t13-/m1/s1. The van der Waals surface area contributed by atoms with Crippen molar-refractivity contribution in [3.63, 3.8) is 0 Å². The number of anilines is 1. The third kappa shape index (κ3) is 4.38. The smallest absolute Gasteiger partial charge is 0.315 e. The molecule has 0 saturated carbocycles. The number of urea groups is 1. The summed E-state index contributed by atoms with van der Waals surface area (Å²) < 4.78 is 0. The summed E-state index contributed by atoms with van der Waals surface area (Å²) in [5.74, 6) is -0.115. The van der Waals surface area contributed by atoms with Crippen molar-refractivity contribution in [3.05, 3.63) is 65.2 Å². The maximum atomic E-state index is 12.3. The van der Waals surface area contributed by atoms with E-state index < -0.39 is 0 Å². The summed E-state index contributed by atoms with van der Waals surface area (Å²) in [6.45, 7) is 3.40. The minimum absolute atomic E-state index is 0.115. The van der Waals surface area contributed by atoms with E-state index in [1.165, 1.54) is 18.1 Å². The van der Waals surface area contributed by atoms with E-state index in [4.69, 9.17) is 0 Å². The Bertz CT molecular complexity index is 763. The molecule has 3 amide bonds. The van der Waals surface area contributed by atoms with Gasteiger partial charge in [0, 0.05) is 18.7 Å². The summed E-state index contributed by atoms with van der Waals surface area (Å²) in [6, 6.07) is 15.6. The Kier molecular flexibility index (Phi) is 5.03. The largest absolute Gasteiger partial charge is 0.335 e. The van der Waals surface area contributed by atoms with Crippen molar-refractivity contribution in [2.24, 2.45) is 0 Å². The molecule has 0 bridgehead atoms. The first kappa shape index (κ1) is 17.0. The van der Waals surface area contributed by atoms with Crippen molar-refractivity contribution in [3.8, 4) is 0 Å². The Hall–Kier alpha value is -2.82. The molecule has 1 aliphatic carbocycles. The maximum absolute atomic E-state index is 12.3. The van der Waals surface area contributed by atoms with Gasteiger partial charge in [0.05, 0.1) is 6.04 Å². The van der Waals surface area contributed by atoms with E-state index in [2.05, 4.69) is 28.1 Å². The summed E-state index contributed by atoms with van der Waals surface area (Å²) in [6.07, 6.45) is 1.74. The van der Waals surface area contributed by atoms with Crippen LogP contribution in [0.15, 0.2) is 48.5 Å². The third-order valence-electron chi connectivity index (χ3n) is 4.44. The molecule has 1 atom stereocenters. The lowest BCUT2D eigenvalue weighted by Gasteiger charge is -2.18. The van der Waals surface area contributed by atoms with Gasteiger partial charge < -0.3 is 16.0 Å². The molecule has 0 radical (unpaired) electrons. The minimum atomic E-state index is -0.171. The molecule has 2 aromatic rings. The number of benzene rings is 2. The lowest BCUT2D eigenvalue weighted by atomic mass is 10.1. The normalized spacial score (nSPS) is 14.5. The summed E-state index contributed by atoms with van der Waals surface area (Å²) in [5.41, 5.74) is 4.29. The van der Waals surface area contributed by atoms with Crippen molar-refractivity contribution in [2.75, 3.05) is 5.32 Å². The first-order valence-electron chi connectivity index (χ1n) is 8.52. The van der Waals surface area contributed by atoms with Gasteiger partial charge in [0.2, 0.25) is 5.91 Å². The Morgan fingerprint density at radius 2 is 1.72 bits per heavy atom. The van der Waals surface area contributed by atoms with E-state index in [-0.39, 0.29) is 24.0 Å². The van der Waals surface area contributed by atoms with Crippen molar-refractivity contribution < 1.29 is 9.59 Å². The van der Waals surface area contributed by atoms with Crippen LogP contribution < -0.4 is 16.0 Å². The number of nitrogens with one attached hydrogen (secondary N) is 3. The molecule has 1 aliphatic rings. The second kappa shape index (κ2) is 7.38. The fourth-order valence-corrected chi connectivity index (χ4v) is 3.26. The number of rotatable bonds is 4. The zero-order chi connectivity index (χ0) is 17.8. The van der Waals surface area contributed by atoms with Crippen LogP contribution in [0.4, 0.5) is 10.5 Å². The summed E-state index contributed by atoms with van der Waals surface area (Å²) in [4.78, 5) is 23.5. The molecule has 3 rings (SSSR count). The Morgan fingerprint density at radius 3 is 2.36 bits per heavy atom. The van der Waals surface area contributed by atoms with Crippen LogP contribution in [0.3, 0.4) is 0 Å². The zero-order valence-electron chi connectivity index (χ0n) is 14.5. The van der Waals surface area contributed by atoms with Crippen LogP contribution >= 0.6 is 0 Å². The molecule has 25 heavy (non-hydrogen) atoms. The first-order chi connectivity index (χ1) is 12.0. The quantitative estimate of drug-likeness (QED) is 0.802. The second-order valence-electron chi connectivity index (χ2n) is 6.52. The molecule has 0 spiro atoms. The molecule has 5 heteroatoms. The highest BCUT2D eigenvalue weighted by Gasteiger charge is 2.22. The maximum Gasteiger partial charge on any atom is 0.315 e. The molecule has 0 saturated heterocycles. The van der Waals surface area contributed by atoms with E-state index in [1.807, 2.05) is 43.3 Å². The Labute approximate surface area is 147 Å². The lowest BCUT2D eigenvalue weighted by Crippen LogP contribution is -2.43. The van der Waals surface area contributed by atoms with Crippen LogP contribution in [0, 0.1) is 0 Å². The van der Waals surface area contributed by atoms with Gasteiger partial charge in [-0.2, -0.15) is 0 Å². The van der Waals surface area contributed by atoms with Crippen LogP contribution in [0.2, 0.25) is 0 Å². The van der Waals surface area contributed by atoms with Gasteiger partial charge >= 0.3 is 6.03 Å². The predicted octanol–water partition coefficient (Wildman–Crippen LogP) is 3.17. The molecule has 0 aromatic heterocycles. The minimum Gasteiger partial charge on any atom is -0.335 e. The van der Waals surface area contributed by atoms with Crippen molar-refractivity contribution in [2.45, 2.75) is 38.8 Å². The molecule has 5 nitrogen and oxygen atoms in total. The topological polar surface area (TPSA) is 70.2 Å². The number of carbonyl (C=O) groups excluding carboxylic acids is 2. The highest BCUT2D eigenvalue weighted by Crippen LogP contribution is 2.22. The highest BCUT2D eigenvalue weighted by molar-refractivity contribution is 5.88. The van der Waals surface area contributed by atoms with Crippen LogP contribution in [-0.2, 0) is 17.6 Å². The predicted molar refractivity (Wildman–Crippen MR) is 98.5 cm³/mol. The number of carbonyl (C=O) groups is 2. The van der Waals surface area contributed by atoms with Gasteiger partial charge in [0.15, 0.2) is 0 Å². The molecule has 130 valence electrons. The van der Waals surface area contributed by atoms with E-state index in [1.54, 1.807) is 0 Å². The van der Waals surface area contributed by atoms with E-state index in [0.717, 1.165) is 24.1 Å². The van der Waals surface area contributed by atoms with E-state index in [0.29, 0.717) is 0 Å². The Balaban J connectivity index is 1.55. The van der Waals surface area contributed by atoms with Crippen molar-refractivity contribution in [1.29, 1.82) is 0 Å². The summed E-state index contributed by atoms with van der Waals surface area (Å²) >= 11 is 0. The molecule has 0 unspecified atom stereocenters. The number of amides is 3. The molecule has 2 aromatic carbocycles. The monoisotopic (exact) mass is 337 g/mol. The van der Waals surface area contributed by atoms with Crippen LogP contribution in [0.1, 0.15) is 36.6 Å². The molecule has 3 N–H and O–H groups in total. The SMILES string of the molecule is CC(=O)Nc1cccc([C@@H](C)NC(=O)NC2Cc3ccccc3C2)c1. The van der Waals surface area contributed by atoms with Gasteiger partial charge in [-0.3, -0.25) is 4.79 Å². The molecule has 0 fully saturated rings. The first-order valence-corrected chi connectivity index (χ1v) is 8.52. The van der Waals surface area contributed by atoms with Gasteiger partial charge in [0.25, 0.3) is 0 Å². The molecular formula is C20H23N3O2. The zero-order valence-corrected chi connectivity index (χ0v) is 14.5. The van der Waals surface area contributed by atoms with Gasteiger partial charge in [-0.05, 0) is 48.6 Å². The molecule has 0 aliphatic heterocycles. The van der Waals surface area contributed by atoms with Crippen molar-refractivity contribution in [1.82, 2.24) is 10.6 Å². The molecular weight excluding hydrogens is 314 g/mol. The van der Waals surface area contributed by atoms with Gasteiger partial charge in [-0.1, -0.05) is 36.4 Å². The lowest BCUT2D eigenvalue weighted by molar-refractivity contribution is -0.114. The third-order valence-corrected chi connectivity index (χ3v) is 4.44. The average Bonchev–Trinajstić information content (AvgIpc) is 2.96. The van der Waals surface area contributed by atoms with E-state index >= 15 is 0 Å². The average molecular weight is 337 g/mol. The molecule has 0 heterocycles. The Morgan fingerprint density at radius 1 is 1.04 bits per heavy atom. The second-order valence-corrected chi connectivity index (χ2v) is 6.52. The van der Waals surface area contributed by atoms with Crippen LogP contribution in [0.25, 0.3) is 0 Å². The fourth-order valence-electron chi connectivity index (χ4n) is 3.26. The highest BCUT2D eigenvalue weighted by atomic mass is 16.2. The summed E-state index contributed by atoms with van der Waals surface area (Å²) in [7, 11) is 0. The van der Waals surface area contributed by atoms with E-state index in [9.17, 15) is 9.59 Å². The van der Waals surface area contributed by atoms with Crippen LogP contribution in [-0.4, -0.2) is 18.0 Å². The van der Waals surface area contributed by atoms with Gasteiger partial charge in [0.1, 0.15) is 0 Å². The van der Waals surface area contributed by atoms with Gasteiger partial charge in [-0.25, -0.2) is 4.79 Å².